The van der Waals surface area contributed by atoms with Crippen molar-refractivity contribution in [3.8, 4) is 5.75 Å². The number of amides is 2. The number of fused-ring (bicyclic) bond motifs is 1. The molecule has 5 nitrogen and oxygen atoms in total. The Kier molecular flexibility index (Phi) is 6.06. The number of carbonyl (C=O) groups excluding carboxylic acids is 2. The highest BCUT2D eigenvalue weighted by atomic mass is 35.5. The van der Waals surface area contributed by atoms with Crippen molar-refractivity contribution in [2.75, 3.05) is 11.4 Å². The van der Waals surface area contributed by atoms with Gasteiger partial charge in [-0.25, -0.2) is 0 Å². The number of hydrogen-bond donors (Lipinski definition) is 1. The predicted octanol–water partition coefficient (Wildman–Crippen LogP) is 4.84. The summed E-state index contributed by atoms with van der Waals surface area (Å²) in [5.74, 6) is 0.277. The van der Waals surface area contributed by atoms with Gasteiger partial charge in [0.05, 0.1) is 20.6 Å². The molecule has 2 aromatic rings. The number of nitrogens with zero attached hydrogens (tertiary/aromatic N) is 1. The fourth-order valence-corrected chi connectivity index (χ4v) is 4.62. The Morgan fingerprint density at radius 3 is 2.70 bits per heavy atom. The number of rotatable bonds is 4. The summed E-state index contributed by atoms with van der Waals surface area (Å²) >= 11 is 18.3. The maximum atomic E-state index is 12.8. The van der Waals surface area contributed by atoms with E-state index in [2.05, 4.69) is 5.32 Å². The van der Waals surface area contributed by atoms with Crippen molar-refractivity contribution in [3.63, 3.8) is 0 Å². The van der Waals surface area contributed by atoms with Gasteiger partial charge >= 0.3 is 0 Å². The average Bonchev–Trinajstić information content (AvgIpc) is 3.02. The van der Waals surface area contributed by atoms with Crippen molar-refractivity contribution in [2.24, 2.45) is 0 Å². The van der Waals surface area contributed by atoms with Gasteiger partial charge in [0, 0.05) is 6.54 Å². The Morgan fingerprint density at radius 2 is 2.00 bits per heavy atom. The topological polar surface area (TPSA) is 58.6 Å². The van der Waals surface area contributed by atoms with E-state index >= 15 is 0 Å². The Bertz CT molecular complexity index is 1100. The van der Waals surface area contributed by atoms with Crippen molar-refractivity contribution in [2.45, 2.75) is 19.4 Å². The van der Waals surface area contributed by atoms with Crippen LogP contribution < -0.4 is 15.0 Å². The zero-order valence-electron chi connectivity index (χ0n) is 15.8. The van der Waals surface area contributed by atoms with E-state index in [1.165, 1.54) is 11.8 Å². The summed E-state index contributed by atoms with van der Waals surface area (Å²) in [5.41, 5.74) is 2.42. The molecule has 9 heteroatoms. The molecular weight excluding hydrogens is 463 g/mol. The van der Waals surface area contributed by atoms with Gasteiger partial charge in [0.15, 0.2) is 6.10 Å². The lowest BCUT2D eigenvalue weighted by molar-refractivity contribution is -0.125. The standard InChI is InChI=1S/C21H16Cl2N2O3S2/c1-11-20(27)25(7-6-12-2-4-14(22)15(23)8-12)16-9-13(3-5-17(16)28-11)10-18-19(26)24-21(29)30-18/h2-5,8-11H,6-7H2,1H3,(H,24,26,29)/t11-/m0/s1. The molecule has 0 bridgehead atoms. The molecule has 1 fully saturated rings. The Hall–Kier alpha value is -2.06. The van der Waals surface area contributed by atoms with Crippen LogP contribution in [-0.2, 0) is 16.0 Å². The van der Waals surface area contributed by atoms with Crippen LogP contribution >= 0.6 is 47.2 Å². The smallest absolute Gasteiger partial charge is 0.267 e. The van der Waals surface area contributed by atoms with Crippen LogP contribution in [0.2, 0.25) is 10.0 Å². The second-order valence-corrected chi connectivity index (χ2v) is 9.36. The minimum Gasteiger partial charge on any atom is -0.479 e. The number of halogens is 2. The van der Waals surface area contributed by atoms with Crippen LogP contribution in [0, 0.1) is 0 Å². The fourth-order valence-electron chi connectivity index (χ4n) is 3.25. The summed E-state index contributed by atoms with van der Waals surface area (Å²) in [5, 5.41) is 3.57. The van der Waals surface area contributed by atoms with Crippen LogP contribution in [0.1, 0.15) is 18.1 Å². The van der Waals surface area contributed by atoms with Crippen molar-refractivity contribution in [1.82, 2.24) is 5.32 Å². The van der Waals surface area contributed by atoms with Gasteiger partial charge in [-0.05, 0) is 54.8 Å². The van der Waals surface area contributed by atoms with Crippen molar-refractivity contribution < 1.29 is 14.3 Å². The first kappa shape index (κ1) is 21.2. The molecule has 2 heterocycles. The first-order valence-electron chi connectivity index (χ1n) is 9.12. The van der Waals surface area contributed by atoms with E-state index in [0.29, 0.717) is 43.7 Å². The molecule has 0 saturated carbocycles. The summed E-state index contributed by atoms with van der Waals surface area (Å²) in [6, 6.07) is 10.9. The van der Waals surface area contributed by atoms with E-state index < -0.39 is 6.10 Å². The molecule has 2 aliphatic heterocycles. The maximum absolute atomic E-state index is 12.8. The van der Waals surface area contributed by atoms with Crippen LogP contribution in [0.3, 0.4) is 0 Å². The molecule has 0 radical (unpaired) electrons. The first-order valence-corrected chi connectivity index (χ1v) is 11.1. The maximum Gasteiger partial charge on any atom is 0.267 e. The summed E-state index contributed by atoms with van der Waals surface area (Å²) in [4.78, 5) is 27.0. The third kappa shape index (κ3) is 4.34. The quantitative estimate of drug-likeness (QED) is 0.503. The Morgan fingerprint density at radius 1 is 1.20 bits per heavy atom. The summed E-state index contributed by atoms with van der Waals surface area (Å²) in [6.07, 6.45) is 1.77. The lowest BCUT2D eigenvalue weighted by atomic mass is 10.1. The van der Waals surface area contributed by atoms with Crippen molar-refractivity contribution in [1.29, 1.82) is 0 Å². The predicted molar refractivity (Wildman–Crippen MR) is 125 cm³/mol. The molecule has 1 atom stereocenters. The highest BCUT2D eigenvalue weighted by Gasteiger charge is 2.31. The molecule has 2 amide bonds. The molecule has 30 heavy (non-hydrogen) atoms. The average molecular weight is 479 g/mol. The van der Waals surface area contributed by atoms with Gasteiger partial charge < -0.3 is 15.0 Å². The highest BCUT2D eigenvalue weighted by Crippen LogP contribution is 2.36. The molecule has 0 aromatic heterocycles. The zero-order chi connectivity index (χ0) is 21.4. The summed E-state index contributed by atoms with van der Waals surface area (Å²) < 4.78 is 6.20. The van der Waals surface area contributed by atoms with E-state index in [4.69, 9.17) is 40.2 Å². The first-order chi connectivity index (χ1) is 14.3. The zero-order valence-corrected chi connectivity index (χ0v) is 18.9. The SMILES string of the molecule is C[C@@H]1Oc2ccc(C=C3SC(=S)NC3=O)cc2N(CCc2ccc(Cl)c(Cl)c2)C1=O. The minimum absolute atomic E-state index is 0.124. The second-order valence-electron chi connectivity index (χ2n) is 6.83. The van der Waals surface area contributed by atoms with E-state index in [0.717, 1.165) is 11.1 Å². The minimum atomic E-state index is -0.580. The van der Waals surface area contributed by atoms with Gasteiger partial charge in [-0.1, -0.05) is 59.3 Å². The Balaban J connectivity index is 1.62. The van der Waals surface area contributed by atoms with E-state index in [1.807, 2.05) is 24.3 Å². The van der Waals surface area contributed by atoms with Gasteiger partial charge in [0.1, 0.15) is 10.1 Å². The Labute approximate surface area is 193 Å². The molecular formula is C21H16Cl2N2O3S2. The largest absolute Gasteiger partial charge is 0.479 e. The number of nitrogens with one attached hydrogen (secondary N) is 1. The van der Waals surface area contributed by atoms with Crippen LogP contribution in [0.15, 0.2) is 41.3 Å². The molecule has 4 rings (SSSR count). The van der Waals surface area contributed by atoms with E-state index in [-0.39, 0.29) is 11.8 Å². The number of benzene rings is 2. The number of ether oxygens (including phenoxy) is 1. The number of thiocarbonyl (C=S) groups is 1. The van der Waals surface area contributed by atoms with Gasteiger partial charge in [0.2, 0.25) is 0 Å². The summed E-state index contributed by atoms with van der Waals surface area (Å²) in [6.45, 7) is 2.19. The summed E-state index contributed by atoms with van der Waals surface area (Å²) in [7, 11) is 0. The number of carbonyl (C=O) groups is 2. The van der Waals surface area contributed by atoms with Crippen LogP contribution in [0.25, 0.3) is 6.08 Å². The molecule has 2 aliphatic rings. The highest BCUT2D eigenvalue weighted by molar-refractivity contribution is 8.26. The number of hydrogen-bond acceptors (Lipinski definition) is 5. The van der Waals surface area contributed by atoms with Gasteiger partial charge in [0.25, 0.3) is 11.8 Å². The van der Waals surface area contributed by atoms with Gasteiger partial charge in [-0.2, -0.15) is 0 Å². The van der Waals surface area contributed by atoms with Crippen LogP contribution in [-0.4, -0.2) is 28.8 Å². The lowest BCUT2D eigenvalue weighted by Crippen LogP contribution is -2.45. The molecule has 1 N–H and O–H groups in total. The molecule has 2 aromatic carbocycles. The third-order valence-electron chi connectivity index (χ3n) is 4.74. The molecule has 0 unspecified atom stereocenters. The second kappa shape index (κ2) is 8.59. The molecule has 0 aliphatic carbocycles. The van der Waals surface area contributed by atoms with Crippen molar-refractivity contribution >= 4 is 75.1 Å². The third-order valence-corrected chi connectivity index (χ3v) is 6.64. The van der Waals surface area contributed by atoms with Gasteiger partial charge in [-0.15, -0.1) is 0 Å². The molecule has 154 valence electrons. The number of thioether (sulfide) groups is 1. The van der Waals surface area contributed by atoms with Crippen LogP contribution in [0.5, 0.6) is 5.75 Å². The normalized spacial score (nSPS) is 19.7. The molecule has 0 spiro atoms. The van der Waals surface area contributed by atoms with E-state index in [1.54, 1.807) is 30.0 Å². The fraction of sp³-hybridized carbons (Fsp3) is 0.190. The number of anilines is 1. The molecule has 1 saturated heterocycles. The lowest BCUT2D eigenvalue weighted by Gasteiger charge is -2.33. The van der Waals surface area contributed by atoms with Gasteiger partial charge in [-0.3, -0.25) is 9.59 Å². The van der Waals surface area contributed by atoms with Crippen molar-refractivity contribution in [3.05, 3.63) is 62.5 Å². The van der Waals surface area contributed by atoms with Crippen LogP contribution in [0.4, 0.5) is 5.69 Å². The monoisotopic (exact) mass is 478 g/mol. The van der Waals surface area contributed by atoms with E-state index in [9.17, 15) is 9.59 Å².